The topological polar surface area (TPSA) is 84.6 Å². The summed E-state index contributed by atoms with van der Waals surface area (Å²) in [6.07, 6.45) is 4.62. The summed E-state index contributed by atoms with van der Waals surface area (Å²) in [7, 11) is -3.63. The molecule has 0 saturated heterocycles. The Balaban J connectivity index is 1.82. The minimum Gasteiger partial charge on any atom is -0.472 e. The van der Waals surface area contributed by atoms with Crippen LogP contribution >= 0.6 is 0 Å². The summed E-state index contributed by atoms with van der Waals surface area (Å²) < 4.78 is 31.8. The molecule has 3 rings (SSSR count). The Labute approximate surface area is 110 Å². The maximum absolute atomic E-state index is 12.2. The van der Waals surface area contributed by atoms with Gasteiger partial charge in [-0.3, -0.25) is 9.98 Å². The number of furan rings is 1. The van der Waals surface area contributed by atoms with Gasteiger partial charge in [0.1, 0.15) is 0 Å². The smallest absolute Gasteiger partial charge is 0.258 e. The summed E-state index contributed by atoms with van der Waals surface area (Å²) in [6.45, 7) is 0.478. The van der Waals surface area contributed by atoms with Crippen LogP contribution in [0.2, 0.25) is 0 Å². The second-order valence-corrected chi connectivity index (χ2v) is 5.76. The van der Waals surface area contributed by atoms with Crippen molar-refractivity contribution in [3.05, 3.63) is 53.7 Å². The molecule has 2 aromatic heterocycles. The first-order valence-corrected chi connectivity index (χ1v) is 7.14. The van der Waals surface area contributed by atoms with Crippen LogP contribution in [0, 0.1) is 0 Å². The predicted octanol–water partition coefficient (Wildman–Crippen LogP) is 1.05. The minimum atomic E-state index is -3.63. The molecule has 1 N–H and O–H groups in total. The lowest BCUT2D eigenvalue weighted by Gasteiger charge is -2.06. The van der Waals surface area contributed by atoms with Crippen molar-refractivity contribution in [3.8, 4) is 0 Å². The van der Waals surface area contributed by atoms with E-state index in [1.165, 1.54) is 12.5 Å². The van der Waals surface area contributed by atoms with Gasteiger partial charge in [0.15, 0.2) is 5.04 Å². The molecular formula is C12H11N3O3S. The molecule has 1 aliphatic heterocycles. The van der Waals surface area contributed by atoms with E-state index in [1.54, 1.807) is 24.4 Å². The predicted molar refractivity (Wildman–Crippen MR) is 68.9 cm³/mol. The molecule has 0 atom stereocenters. The van der Waals surface area contributed by atoms with Crippen molar-refractivity contribution in [2.24, 2.45) is 4.99 Å². The highest BCUT2D eigenvalue weighted by Crippen LogP contribution is 2.19. The molecule has 98 valence electrons. The quantitative estimate of drug-likeness (QED) is 0.909. The van der Waals surface area contributed by atoms with Gasteiger partial charge >= 0.3 is 0 Å². The van der Waals surface area contributed by atoms with Gasteiger partial charge in [0.25, 0.3) is 10.0 Å². The van der Waals surface area contributed by atoms with Crippen LogP contribution in [-0.4, -0.2) is 18.4 Å². The third-order valence-electron chi connectivity index (χ3n) is 2.79. The average molecular weight is 277 g/mol. The maximum Gasteiger partial charge on any atom is 0.258 e. The average Bonchev–Trinajstić information content (AvgIpc) is 3.06. The molecule has 0 fully saturated rings. The lowest BCUT2D eigenvalue weighted by atomic mass is 10.2. The van der Waals surface area contributed by atoms with Gasteiger partial charge in [0, 0.05) is 23.9 Å². The van der Waals surface area contributed by atoms with E-state index in [0.717, 1.165) is 5.56 Å². The SMILES string of the molecule is O=S(=O)(NCc1ccoc1)C1=NCc2ncccc21. The van der Waals surface area contributed by atoms with Gasteiger partial charge in [-0.2, -0.15) is 0 Å². The van der Waals surface area contributed by atoms with Crippen molar-refractivity contribution in [1.82, 2.24) is 9.71 Å². The lowest BCUT2D eigenvalue weighted by Crippen LogP contribution is -2.30. The number of hydrogen-bond donors (Lipinski definition) is 1. The Morgan fingerprint density at radius 2 is 2.26 bits per heavy atom. The normalized spacial score (nSPS) is 14.2. The van der Waals surface area contributed by atoms with Crippen LogP contribution in [0.5, 0.6) is 0 Å². The van der Waals surface area contributed by atoms with Crippen LogP contribution in [0.4, 0.5) is 0 Å². The molecule has 0 radical (unpaired) electrons. The Hall–Kier alpha value is -1.99. The third-order valence-corrected chi connectivity index (χ3v) is 4.18. The van der Waals surface area contributed by atoms with E-state index >= 15 is 0 Å². The highest BCUT2D eigenvalue weighted by atomic mass is 32.2. The number of nitrogens with zero attached hydrogens (tertiary/aromatic N) is 2. The fourth-order valence-electron chi connectivity index (χ4n) is 1.86. The summed E-state index contributed by atoms with van der Waals surface area (Å²) in [5.74, 6) is 0. The first kappa shape index (κ1) is 12.1. The van der Waals surface area contributed by atoms with Crippen LogP contribution in [0.25, 0.3) is 0 Å². The summed E-state index contributed by atoms with van der Waals surface area (Å²) in [6, 6.07) is 5.12. The number of rotatable bonds is 3. The first-order chi connectivity index (χ1) is 9.17. The molecule has 1 aliphatic rings. The fraction of sp³-hybridized carbons (Fsp3) is 0.167. The van der Waals surface area contributed by atoms with E-state index in [-0.39, 0.29) is 11.6 Å². The summed E-state index contributed by atoms with van der Waals surface area (Å²) in [5, 5.41) is 0.0547. The zero-order chi connectivity index (χ0) is 13.3. The standard InChI is InChI=1S/C12H11N3O3S/c16-19(17,15-6-9-3-5-18-8-9)12-10-2-1-4-13-11(10)7-14-12/h1-5,8,15H,6-7H2. The monoisotopic (exact) mass is 277 g/mol. The Bertz CT molecular complexity index is 720. The van der Waals surface area contributed by atoms with Crippen molar-refractivity contribution >= 4 is 15.1 Å². The molecule has 0 unspecified atom stereocenters. The summed E-state index contributed by atoms with van der Waals surface area (Å²) in [4.78, 5) is 8.17. The van der Waals surface area contributed by atoms with Gasteiger partial charge < -0.3 is 4.42 Å². The van der Waals surface area contributed by atoms with Gasteiger partial charge in [-0.15, -0.1) is 0 Å². The van der Waals surface area contributed by atoms with Crippen LogP contribution in [0.1, 0.15) is 16.8 Å². The second-order valence-electron chi connectivity index (χ2n) is 4.08. The maximum atomic E-state index is 12.2. The number of aromatic nitrogens is 1. The van der Waals surface area contributed by atoms with E-state index < -0.39 is 10.0 Å². The van der Waals surface area contributed by atoms with E-state index in [0.29, 0.717) is 17.8 Å². The highest BCUT2D eigenvalue weighted by Gasteiger charge is 2.27. The number of hydrogen-bond acceptors (Lipinski definition) is 5. The molecular weight excluding hydrogens is 266 g/mol. The van der Waals surface area contributed by atoms with Gasteiger partial charge in [0.05, 0.1) is 24.8 Å². The Morgan fingerprint density at radius 3 is 3.05 bits per heavy atom. The number of nitrogens with one attached hydrogen (secondary N) is 1. The van der Waals surface area contributed by atoms with Gasteiger partial charge in [-0.05, 0) is 18.2 Å². The molecule has 6 nitrogen and oxygen atoms in total. The molecule has 19 heavy (non-hydrogen) atoms. The number of sulfonamides is 1. The van der Waals surface area contributed by atoms with Crippen molar-refractivity contribution in [2.45, 2.75) is 13.1 Å². The van der Waals surface area contributed by atoms with Crippen molar-refractivity contribution in [2.75, 3.05) is 0 Å². The zero-order valence-electron chi connectivity index (χ0n) is 9.91. The van der Waals surface area contributed by atoms with Gasteiger partial charge in [-0.1, -0.05) is 0 Å². The van der Waals surface area contributed by atoms with Gasteiger partial charge in [0.2, 0.25) is 0 Å². The van der Waals surface area contributed by atoms with Crippen LogP contribution < -0.4 is 4.72 Å². The number of pyridine rings is 1. The number of aliphatic imine (C=N–C) groups is 1. The molecule has 0 spiro atoms. The molecule has 0 bridgehead atoms. The Kier molecular flexibility index (Phi) is 2.92. The van der Waals surface area contributed by atoms with Crippen molar-refractivity contribution in [3.63, 3.8) is 0 Å². The minimum absolute atomic E-state index is 0.0547. The largest absolute Gasteiger partial charge is 0.472 e. The van der Waals surface area contributed by atoms with Crippen LogP contribution in [0.3, 0.4) is 0 Å². The van der Waals surface area contributed by atoms with Crippen molar-refractivity contribution in [1.29, 1.82) is 0 Å². The fourth-order valence-corrected chi connectivity index (χ4v) is 3.06. The molecule has 0 aromatic carbocycles. The first-order valence-electron chi connectivity index (χ1n) is 5.66. The molecule has 0 aliphatic carbocycles. The van der Waals surface area contributed by atoms with E-state index in [1.807, 2.05) is 0 Å². The van der Waals surface area contributed by atoms with Crippen molar-refractivity contribution < 1.29 is 12.8 Å². The lowest BCUT2D eigenvalue weighted by molar-refractivity contribution is 0.562. The van der Waals surface area contributed by atoms with Crippen LogP contribution in [0.15, 0.2) is 46.3 Å². The van der Waals surface area contributed by atoms with Crippen LogP contribution in [-0.2, 0) is 23.1 Å². The zero-order valence-corrected chi connectivity index (χ0v) is 10.7. The summed E-state index contributed by atoms with van der Waals surface area (Å²) in [5.41, 5.74) is 2.02. The molecule has 2 aromatic rings. The Morgan fingerprint density at radius 1 is 1.37 bits per heavy atom. The molecule has 3 heterocycles. The van der Waals surface area contributed by atoms with E-state index in [9.17, 15) is 8.42 Å². The molecule has 0 amide bonds. The van der Waals surface area contributed by atoms with E-state index in [4.69, 9.17) is 4.42 Å². The van der Waals surface area contributed by atoms with E-state index in [2.05, 4.69) is 14.7 Å². The number of fused-ring (bicyclic) bond motifs is 1. The summed E-state index contributed by atoms with van der Waals surface area (Å²) >= 11 is 0. The van der Waals surface area contributed by atoms with Gasteiger partial charge in [-0.25, -0.2) is 13.1 Å². The molecule has 7 heteroatoms. The molecule has 0 saturated carbocycles. The highest BCUT2D eigenvalue weighted by molar-refractivity contribution is 8.05. The second kappa shape index (κ2) is 4.60. The third kappa shape index (κ3) is 2.29.